The summed E-state index contributed by atoms with van der Waals surface area (Å²) in [5.74, 6) is 7.74. The van der Waals surface area contributed by atoms with Gasteiger partial charge in [-0.2, -0.15) is 0 Å². The molecule has 0 radical (unpaired) electrons. The second-order valence-corrected chi connectivity index (χ2v) is 31.4. The molecule has 5 saturated heterocycles. The van der Waals surface area contributed by atoms with Crippen LogP contribution in [-0.4, -0.2) is 213 Å². The topological polar surface area (TPSA) is 299 Å². The summed E-state index contributed by atoms with van der Waals surface area (Å²) in [5, 5.41) is 0. The van der Waals surface area contributed by atoms with Crippen molar-refractivity contribution in [2.45, 2.75) is 113 Å². The lowest BCUT2D eigenvalue weighted by molar-refractivity contribution is 0.0950. The zero-order valence-electron chi connectivity index (χ0n) is 71.6. The Morgan fingerprint density at radius 1 is 0.375 bits per heavy atom. The average molecular weight is 1630 g/mol. The number of piperazine rings is 5. The van der Waals surface area contributed by atoms with Gasteiger partial charge in [0.05, 0.1) is 44.0 Å². The number of aromatic amines is 4. The van der Waals surface area contributed by atoms with Crippen LogP contribution in [0.15, 0.2) is 147 Å². The number of rotatable bonds is 17. The number of para-hydroxylation sites is 1. The summed E-state index contributed by atoms with van der Waals surface area (Å²) in [4.78, 5) is 128. The van der Waals surface area contributed by atoms with Gasteiger partial charge in [0.15, 0.2) is 5.78 Å². The number of anilines is 10. The van der Waals surface area contributed by atoms with Gasteiger partial charge in [-0.1, -0.05) is 76.6 Å². The molecule has 1 unspecified atom stereocenters. The molecule has 0 saturated carbocycles. The van der Waals surface area contributed by atoms with Gasteiger partial charge in [0.1, 0.15) is 23.1 Å². The molecule has 2 aliphatic carbocycles. The second kappa shape index (κ2) is 40.4. The van der Waals surface area contributed by atoms with E-state index in [-0.39, 0.29) is 28.0 Å². The lowest BCUT2D eigenvalue weighted by Crippen LogP contribution is -2.47. The maximum atomic E-state index is 12.3. The molecular weight excluding hydrogens is 1520 g/mol. The van der Waals surface area contributed by atoms with E-state index in [1.807, 2.05) is 108 Å². The molecule has 5 fully saturated rings. The minimum absolute atomic E-state index is 0.000393. The normalized spacial score (nSPS) is 16.5. The van der Waals surface area contributed by atoms with E-state index in [1.54, 1.807) is 21.3 Å². The van der Waals surface area contributed by atoms with E-state index in [9.17, 15) is 24.0 Å². The van der Waals surface area contributed by atoms with Crippen molar-refractivity contribution in [1.29, 1.82) is 0 Å². The number of hydrogen-bond donors (Lipinski definition) is 4. The first-order chi connectivity index (χ1) is 58.3. The number of pyridine rings is 1. The monoisotopic (exact) mass is 1630 g/mol. The SMILES string of the molecule is CCCc1c(C)nc(N2CCN(c3cccc(OC)c3)CC2)[nH]c1=O.CCc1c(C)nc(N2CCN(c3cccc(OC)c3)CC2)[nH]c1=O.CCc1c(C)nc(N2CCN(c3ccccc3)CC2)[nH]c1=O.COc1cccc(N2CCN(c3nc4c(c(=O)[nH]3)CCC4)CC2)c1.Cc1nc(N2CCN(c3ccccn3)CC2)nc2c1C(=O)CC(C)C2. The van der Waals surface area contributed by atoms with E-state index >= 15 is 0 Å². The molecule has 634 valence electrons. The average Bonchev–Trinajstić information content (AvgIpc) is 0.817. The van der Waals surface area contributed by atoms with Crippen LogP contribution in [0.25, 0.3) is 0 Å². The predicted molar refractivity (Wildman–Crippen MR) is 479 cm³/mol. The quantitative estimate of drug-likeness (QED) is 0.0659. The maximum Gasteiger partial charge on any atom is 0.255 e. The summed E-state index contributed by atoms with van der Waals surface area (Å²) in [7, 11) is 5.05. The molecule has 11 heterocycles. The zero-order valence-corrected chi connectivity index (χ0v) is 71.6. The van der Waals surface area contributed by atoms with Crippen LogP contribution in [0.3, 0.4) is 0 Å². The van der Waals surface area contributed by atoms with Crippen LogP contribution < -0.4 is 85.4 Å². The number of nitrogens with one attached hydrogen (secondary N) is 4. The molecule has 17 rings (SSSR count). The molecule has 1 atom stereocenters. The van der Waals surface area contributed by atoms with Gasteiger partial charge in [-0.3, -0.25) is 43.9 Å². The van der Waals surface area contributed by atoms with Crippen LogP contribution in [0.1, 0.15) is 114 Å². The summed E-state index contributed by atoms with van der Waals surface area (Å²) < 4.78 is 15.9. The summed E-state index contributed by atoms with van der Waals surface area (Å²) in [5.41, 5.74) is 14.0. The molecule has 120 heavy (non-hydrogen) atoms. The van der Waals surface area contributed by atoms with Crippen molar-refractivity contribution >= 4 is 64.1 Å². The lowest BCUT2D eigenvalue weighted by Gasteiger charge is -2.36. The maximum absolute atomic E-state index is 12.3. The molecule has 29 heteroatoms. The second-order valence-electron chi connectivity index (χ2n) is 31.4. The van der Waals surface area contributed by atoms with Crippen molar-refractivity contribution in [3.8, 4) is 17.2 Å². The van der Waals surface area contributed by atoms with Crippen molar-refractivity contribution in [2.24, 2.45) is 5.92 Å². The largest absolute Gasteiger partial charge is 0.497 e. The fourth-order valence-electron chi connectivity index (χ4n) is 16.7. The van der Waals surface area contributed by atoms with Crippen LogP contribution in [-0.2, 0) is 38.5 Å². The number of aryl methyl sites for hydroxylation is 5. The zero-order chi connectivity index (χ0) is 84.3. The van der Waals surface area contributed by atoms with Crippen molar-refractivity contribution in [2.75, 3.05) is 201 Å². The standard InChI is InChI=1S/C19H23N5O.C19H26N4O2.C18H22N4O2.C18H24N4O2.C17H22N4O/c1-13-11-15-18(16(25)12-13)14(2)21-19(22-15)24-9-7-23(8-10-24)17-5-3-4-6-20-17;1-4-6-17-14(2)20-19(21-18(17)24)23-11-9-22(10-12-23)15-7-5-8-16(13-15)25-3;1-24-14-5-2-4-13(12-14)21-8-10-22(11-9-21)18-19-16-7-3-6-15(16)17(23)20-18;1-4-16-13(2)19-18(20-17(16)23)22-10-8-21(9-11-22)14-6-5-7-15(12-14)24-3;1-3-15-13(2)18-17(19-16(15)22)21-11-9-20(10-12-21)14-7-5-4-6-8-14/h3-6,13H,7-12H2,1-2H3;5,7-8,13H,4,6,9-12H2,1-3H3,(H,20,21,24);2,4-5,12H,3,6-11H2,1H3,(H,19,20,23);5-7,12H,4,8-11H2,1-3H3,(H,19,20,23);4-8H,3,9-12H2,1-2H3,(H,18,19,22). The van der Waals surface area contributed by atoms with Crippen molar-refractivity contribution in [3.63, 3.8) is 0 Å². The number of carbonyl (C=O) groups excluding carboxylic acids is 1. The number of methoxy groups -OCH3 is 3. The highest BCUT2D eigenvalue weighted by Crippen LogP contribution is 2.31. The number of aromatic nitrogens is 11. The van der Waals surface area contributed by atoms with Crippen molar-refractivity contribution < 1.29 is 19.0 Å². The Balaban J connectivity index is 0.000000130. The Kier molecular flexibility index (Phi) is 28.8. The Morgan fingerprint density at radius 3 is 1.18 bits per heavy atom. The molecule has 0 spiro atoms. The van der Waals surface area contributed by atoms with Crippen LogP contribution in [0.5, 0.6) is 17.2 Å². The van der Waals surface area contributed by atoms with Gasteiger partial charge in [-0.25, -0.2) is 34.9 Å². The van der Waals surface area contributed by atoms with Crippen LogP contribution in [0.2, 0.25) is 0 Å². The molecule has 10 aromatic rings. The van der Waals surface area contributed by atoms with Gasteiger partial charge in [-0.15, -0.1) is 0 Å². The number of ketones is 1. The number of carbonyl (C=O) groups is 1. The van der Waals surface area contributed by atoms with E-state index in [0.717, 1.165) is 284 Å². The Morgan fingerprint density at radius 2 is 0.767 bits per heavy atom. The first kappa shape index (κ1) is 85.6. The third-order valence-electron chi connectivity index (χ3n) is 23.5. The fourth-order valence-corrected chi connectivity index (χ4v) is 16.7. The molecule has 0 amide bonds. The number of benzene rings is 4. The number of ether oxygens (including phenoxy) is 3. The van der Waals surface area contributed by atoms with Gasteiger partial charge in [0.2, 0.25) is 29.7 Å². The van der Waals surface area contributed by atoms with Crippen molar-refractivity contribution in [1.82, 2.24) is 54.8 Å². The third-order valence-corrected chi connectivity index (χ3v) is 23.5. The molecule has 29 nitrogen and oxygen atoms in total. The summed E-state index contributed by atoms with van der Waals surface area (Å²) in [6.07, 6.45) is 9.28. The minimum Gasteiger partial charge on any atom is -0.497 e. The molecule has 7 aliphatic rings. The minimum atomic E-state index is -0.0183. The van der Waals surface area contributed by atoms with Gasteiger partial charge in [0.25, 0.3) is 22.2 Å². The van der Waals surface area contributed by atoms with E-state index in [4.69, 9.17) is 24.2 Å². The van der Waals surface area contributed by atoms with E-state index in [0.29, 0.717) is 36.6 Å². The first-order valence-corrected chi connectivity index (χ1v) is 42.5. The van der Waals surface area contributed by atoms with Crippen LogP contribution >= 0.6 is 0 Å². The van der Waals surface area contributed by atoms with E-state index in [2.05, 4.69) is 168 Å². The number of hydrogen-bond acceptors (Lipinski definition) is 25. The van der Waals surface area contributed by atoms with Gasteiger partial charge in [0, 0.05) is 224 Å². The number of Topliss-reactive ketones (excluding diaryl/α,β-unsaturated/α-hetero) is 1. The Bertz CT molecular complexity index is 5310. The molecule has 6 aromatic heterocycles. The number of fused-ring (bicyclic) bond motifs is 2. The highest BCUT2D eigenvalue weighted by Gasteiger charge is 2.31. The van der Waals surface area contributed by atoms with Gasteiger partial charge < -0.3 is 63.2 Å². The summed E-state index contributed by atoms with van der Waals surface area (Å²) in [6, 6.07) is 40.8. The number of H-pyrrole nitrogens is 4. The molecule has 5 aliphatic heterocycles. The first-order valence-electron chi connectivity index (χ1n) is 42.5. The third kappa shape index (κ3) is 21.0. The van der Waals surface area contributed by atoms with Gasteiger partial charge in [-0.05, 0) is 139 Å². The highest BCUT2D eigenvalue weighted by molar-refractivity contribution is 5.99. The van der Waals surface area contributed by atoms with Crippen LogP contribution in [0, 0.1) is 33.6 Å². The molecule has 4 N–H and O–H groups in total. The van der Waals surface area contributed by atoms with Crippen molar-refractivity contribution in [3.05, 3.63) is 231 Å². The van der Waals surface area contributed by atoms with Crippen LogP contribution in [0.4, 0.5) is 58.3 Å². The number of nitrogens with zero attached hydrogens (tertiary/aromatic N) is 17. The summed E-state index contributed by atoms with van der Waals surface area (Å²) >= 11 is 0. The lowest BCUT2D eigenvalue weighted by atomic mass is 9.86. The van der Waals surface area contributed by atoms with E-state index in [1.165, 1.54) is 11.4 Å². The molecule has 0 bridgehead atoms. The molecule has 4 aromatic carbocycles. The Hall–Kier alpha value is -12.3. The summed E-state index contributed by atoms with van der Waals surface area (Å²) in [6.45, 7) is 33.2. The van der Waals surface area contributed by atoms with E-state index < -0.39 is 0 Å². The highest BCUT2D eigenvalue weighted by atomic mass is 16.5. The molecular formula is C91H117N21O8. The Labute approximate surface area is 702 Å². The van der Waals surface area contributed by atoms with Gasteiger partial charge >= 0.3 is 0 Å². The fraction of sp³-hybridized carbons (Fsp3) is 0.451. The smallest absolute Gasteiger partial charge is 0.255 e. The predicted octanol–water partition coefficient (Wildman–Crippen LogP) is 10.2.